The van der Waals surface area contributed by atoms with E-state index in [1.54, 1.807) is 12.1 Å². The Labute approximate surface area is 164 Å². The van der Waals surface area contributed by atoms with Crippen LogP contribution in [0.1, 0.15) is 27.9 Å². The normalized spacial score (nSPS) is 11.3. The van der Waals surface area contributed by atoms with Crippen LogP contribution >= 0.6 is 0 Å². The lowest BCUT2D eigenvalue weighted by Gasteiger charge is -2.10. The molecule has 0 aliphatic carbocycles. The van der Waals surface area contributed by atoms with E-state index in [4.69, 9.17) is 5.73 Å². The molecule has 0 saturated carbocycles. The van der Waals surface area contributed by atoms with Gasteiger partial charge in [-0.2, -0.15) is 13.2 Å². The molecule has 0 saturated heterocycles. The Bertz CT molecular complexity index is 940. The summed E-state index contributed by atoms with van der Waals surface area (Å²) in [5, 5.41) is 5.01. The summed E-state index contributed by atoms with van der Waals surface area (Å²) in [5.74, 6) is -1.70. The van der Waals surface area contributed by atoms with Gasteiger partial charge in [0.25, 0.3) is 5.91 Å². The summed E-state index contributed by atoms with van der Waals surface area (Å²) >= 11 is 0. The van der Waals surface area contributed by atoms with Crippen LogP contribution in [0.4, 0.5) is 18.9 Å². The fraction of sp³-hybridized carbons (Fsp3) is 0.150. The SMILES string of the molecule is NC(=O)CCNC(=O)c1ccccc1NC(=O)/C=C/c1cccc(C(F)(F)F)c1. The van der Waals surface area contributed by atoms with Crippen molar-refractivity contribution in [2.75, 3.05) is 11.9 Å². The molecule has 0 aliphatic heterocycles. The van der Waals surface area contributed by atoms with Crippen LogP contribution in [0.3, 0.4) is 0 Å². The number of hydrogen-bond donors (Lipinski definition) is 3. The summed E-state index contributed by atoms with van der Waals surface area (Å²) in [4.78, 5) is 35.1. The van der Waals surface area contributed by atoms with E-state index in [2.05, 4.69) is 10.6 Å². The van der Waals surface area contributed by atoms with Gasteiger partial charge in [0.15, 0.2) is 0 Å². The van der Waals surface area contributed by atoms with Crippen molar-refractivity contribution < 1.29 is 27.6 Å². The van der Waals surface area contributed by atoms with Gasteiger partial charge in [0, 0.05) is 19.0 Å². The molecule has 6 nitrogen and oxygen atoms in total. The molecule has 0 radical (unpaired) electrons. The second-order valence-electron chi connectivity index (χ2n) is 5.96. The standard InChI is InChI=1S/C20H18F3N3O3/c21-20(22,23)14-5-3-4-13(12-14)8-9-18(28)26-16-7-2-1-6-15(16)19(29)25-11-10-17(24)27/h1-9,12H,10-11H2,(H2,24,27)(H,25,29)(H,26,28)/b9-8+. The van der Waals surface area contributed by atoms with Gasteiger partial charge >= 0.3 is 6.18 Å². The molecule has 0 aliphatic rings. The van der Waals surface area contributed by atoms with Crippen LogP contribution in [0.2, 0.25) is 0 Å². The molecular formula is C20H18F3N3O3. The Balaban J connectivity index is 2.07. The van der Waals surface area contributed by atoms with E-state index in [0.717, 1.165) is 18.2 Å². The van der Waals surface area contributed by atoms with Gasteiger partial charge in [-0.1, -0.05) is 24.3 Å². The molecule has 152 valence electrons. The topological polar surface area (TPSA) is 101 Å². The lowest BCUT2D eigenvalue weighted by atomic mass is 10.1. The van der Waals surface area contributed by atoms with E-state index < -0.39 is 29.5 Å². The van der Waals surface area contributed by atoms with Gasteiger partial charge in [-0.3, -0.25) is 14.4 Å². The van der Waals surface area contributed by atoms with Gasteiger partial charge in [0.1, 0.15) is 0 Å². The number of rotatable bonds is 7. The number of hydrogen-bond acceptors (Lipinski definition) is 3. The third-order valence-corrected chi connectivity index (χ3v) is 3.73. The first kappa shape index (κ1) is 21.7. The van der Waals surface area contributed by atoms with Crippen molar-refractivity contribution in [1.29, 1.82) is 0 Å². The minimum Gasteiger partial charge on any atom is -0.370 e. The first-order valence-corrected chi connectivity index (χ1v) is 8.48. The summed E-state index contributed by atoms with van der Waals surface area (Å²) in [6.07, 6.45) is -2.20. The van der Waals surface area contributed by atoms with Crippen LogP contribution in [0.5, 0.6) is 0 Å². The molecule has 0 fully saturated rings. The third kappa shape index (κ3) is 6.80. The van der Waals surface area contributed by atoms with Crippen LogP contribution in [0, 0.1) is 0 Å². The van der Waals surface area contributed by atoms with E-state index in [0.29, 0.717) is 0 Å². The molecule has 0 aromatic heterocycles. The monoisotopic (exact) mass is 405 g/mol. The number of amides is 3. The molecule has 9 heteroatoms. The Hall–Kier alpha value is -3.62. The molecule has 2 aromatic carbocycles. The summed E-state index contributed by atoms with van der Waals surface area (Å²) in [5.41, 5.74) is 4.77. The lowest BCUT2D eigenvalue weighted by molar-refractivity contribution is -0.137. The number of nitrogens with one attached hydrogen (secondary N) is 2. The highest BCUT2D eigenvalue weighted by Crippen LogP contribution is 2.29. The minimum atomic E-state index is -4.48. The second-order valence-corrected chi connectivity index (χ2v) is 5.96. The van der Waals surface area contributed by atoms with Crippen LogP contribution in [0.25, 0.3) is 6.08 Å². The van der Waals surface area contributed by atoms with Crippen molar-refractivity contribution in [3.05, 3.63) is 71.3 Å². The van der Waals surface area contributed by atoms with E-state index in [1.807, 2.05) is 0 Å². The second kappa shape index (κ2) is 9.54. The molecule has 0 unspecified atom stereocenters. The van der Waals surface area contributed by atoms with Crippen LogP contribution in [-0.2, 0) is 15.8 Å². The Morgan fingerprint density at radius 2 is 1.76 bits per heavy atom. The zero-order chi connectivity index (χ0) is 21.4. The summed E-state index contributed by atoms with van der Waals surface area (Å²) in [7, 11) is 0. The van der Waals surface area contributed by atoms with Crippen molar-refractivity contribution in [3.63, 3.8) is 0 Å². The smallest absolute Gasteiger partial charge is 0.370 e. The minimum absolute atomic E-state index is 0.0278. The highest BCUT2D eigenvalue weighted by molar-refractivity contribution is 6.07. The number of para-hydroxylation sites is 1. The van der Waals surface area contributed by atoms with E-state index in [1.165, 1.54) is 30.3 Å². The maximum absolute atomic E-state index is 12.7. The maximum Gasteiger partial charge on any atom is 0.416 e. The van der Waals surface area contributed by atoms with Gasteiger partial charge in [-0.05, 0) is 35.9 Å². The molecule has 0 spiro atoms. The number of carbonyl (C=O) groups excluding carboxylic acids is 3. The molecule has 2 rings (SSSR count). The molecular weight excluding hydrogens is 387 g/mol. The Morgan fingerprint density at radius 3 is 2.45 bits per heavy atom. The molecule has 0 heterocycles. The van der Waals surface area contributed by atoms with Gasteiger partial charge in [0.05, 0.1) is 16.8 Å². The molecule has 0 bridgehead atoms. The Kier molecular flexibility index (Phi) is 7.13. The van der Waals surface area contributed by atoms with Gasteiger partial charge in [-0.25, -0.2) is 0 Å². The van der Waals surface area contributed by atoms with Crippen molar-refractivity contribution >= 4 is 29.5 Å². The van der Waals surface area contributed by atoms with E-state index in [9.17, 15) is 27.6 Å². The van der Waals surface area contributed by atoms with E-state index in [-0.39, 0.29) is 29.8 Å². The molecule has 0 atom stereocenters. The highest BCUT2D eigenvalue weighted by Gasteiger charge is 2.30. The fourth-order valence-corrected chi connectivity index (χ4v) is 2.35. The van der Waals surface area contributed by atoms with Gasteiger partial charge < -0.3 is 16.4 Å². The zero-order valence-electron chi connectivity index (χ0n) is 15.1. The van der Waals surface area contributed by atoms with Crippen molar-refractivity contribution in [2.24, 2.45) is 5.73 Å². The zero-order valence-corrected chi connectivity index (χ0v) is 15.1. The van der Waals surface area contributed by atoms with E-state index >= 15 is 0 Å². The number of benzene rings is 2. The van der Waals surface area contributed by atoms with Gasteiger partial charge in [0.2, 0.25) is 11.8 Å². The number of primary amides is 1. The average molecular weight is 405 g/mol. The van der Waals surface area contributed by atoms with Gasteiger partial charge in [-0.15, -0.1) is 0 Å². The number of alkyl halides is 3. The predicted molar refractivity (Wildman–Crippen MR) is 102 cm³/mol. The largest absolute Gasteiger partial charge is 0.416 e. The van der Waals surface area contributed by atoms with Crippen molar-refractivity contribution in [1.82, 2.24) is 5.32 Å². The number of carbonyl (C=O) groups is 3. The average Bonchev–Trinajstić information content (AvgIpc) is 2.66. The molecule has 29 heavy (non-hydrogen) atoms. The number of nitrogens with two attached hydrogens (primary N) is 1. The molecule has 3 amide bonds. The fourth-order valence-electron chi connectivity index (χ4n) is 2.35. The molecule has 4 N–H and O–H groups in total. The van der Waals surface area contributed by atoms with Crippen LogP contribution in [0.15, 0.2) is 54.6 Å². The predicted octanol–water partition coefficient (Wildman–Crippen LogP) is 2.96. The first-order chi connectivity index (χ1) is 13.7. The highest BCUT2D eigenvalue weighted by atomic mass is 19.4. The quantitative estimate of drug-likeness (QED) is 0.618. The van der Waals surface area contributed by atoms with Crippen molar-refractivity contribution in [2.45, 2.75) is 12.6 Å². The number of halogens is 3. The maximum atomic E-state index is 12.7. The third-order valence-electron chi connectivity index (χ3n) is 3.73. The summed E-state index contributed by atoms with van der Waals surface area (Å²) in [6.45, 7) is 0.0475. The molecule has 2 aromatic rings. The first-order valence-electron chi connectivity index (χ1n) is 8.48. The van der Waals surface area contributed by atoms with Crippen LogP contribution < -0.4 is 16.4 Å². The van der Waals surface area contributed by atoms with Crippen LogP contribution in [-0.4, -0.2) is 24.3 Å². The number of anilines is 1. The van der Waals surface area contributed by atoms with Crippen molar-refractivity contribution in [3.8, 4) is 0 Å². The summed E-state index contributed by atoms with van der Waals surface area (Å²) < 4.78 is 38.2. The summed E-state index contributed by atoms with van der Waals surface area (Å²) in [6, 6.07) is 10.7. The Morgan fingerprint density at radius 1 is 1.03 bits per heavy atom. The lowest BCUT2D eigenvalue weighted by Crippen LogP contribution is -2.28.